The monoisotopic (exact) mass is 229 g/mol. The summed E-state index contributed by atoms with van der Waals surface area (Å²) in [6.07, 6.45) is 2.58. The average Bonchev–Trinajstić information content (AvgIpc) is 2.25. The molecule has 1 aliphatic rings. The first kappa shape index (κ1) is 13.9. The summed E-state index contributed by atoms with van der Waals surface area (Å²) in [5, 5.41) is 12.4. The van der Waals surface area contributed by atoms with E-state index in [0.717, 1.165) is 19.3 Å². The molecular weight excluding hydrogens is 202 g/mol. The van der Waals surface area contributed by atoms with Gasteiger partial charge in [-0.1, -0.05) is 20.8 Å². The fourth-order valence-corrected chi connectivity index (χ4v) is 3.17. The van der Waals surface area contributed by atoms with Crippen LogP contribution in [0, 0.1) is 5.92 Å². The van der Waals surface area contributed by atoms with Gasteiger partial charge >= 0.3 is 0 Å². The molecule has 0 aromatic rings. The van der Waals surface area contributed by atoms with E-state index in [9.17, 15) is 5.11 Å². The van der Waals surface area contributed by atoms with Gasteiger partial charge in [0.15, 0.2) is 0 Å². The van der Waals surface area contributed by atoms with Crippen LogP contribution in [0.25, 0.3) is 0 Å². The second kappa shape index (κ2) is 4.63. The van der Waals surface area contributed by atoms with Crippen LogP contribution in [0.15, 0.2) is 0 Å². The molecule has 2 unspecified atom stereocenters. The van der Waals surface area contributed by atoms with Gasteiger partial charge in [0.05, 0.1) is 13.2 Å². The van der Waals surface area contributed by atoms with Crippen LogP contribution in [0.5, 0.6) is 0 Å². The second-order valence-electron chi connectivity index (χ2n) is 5.62. The SMILES string of the molecule is CCC1(CC)CC(O)C(C)C(C)(C)N1OC. The third kappa shape index (κ3) is 1.89. The molecule has 0 aliphatic carbocycles. The van der Waals surface area contributed by atoms with E-state index in [1.807, 2.05) is 0 Å². The van der Waals surface area contributed by atoms with Crippen LogP contribution in [0.3, 0.4) is 0 Å². The molecule has 16 heavy (non-hydrogen) atoms. The Morgan fingerprint density at radius 3 is 2.19 bits per heavy atom. The molecule has 0 aromatic carbocycles. The standard InChI is InChI=1S/C13H27NO2/c1-7-13(8-2)9-11(15)10(3)12(4,5)14(13)16-6/h10-11,15H,7-9H2,1-6H3. The number of hydrogen-bond acceptors (Lipinski definition) is 3. The van der Waals surface area contributed by atoms with Crippen LogP contribution in [0.4, 0.5) is 0 Å². The van der Waals surface area contributed by atoms with Crippen molar-refractivity contribution in [1.82, 2.24) is 5.06 Å². The Kier molecular flexibility index (Phi) is 4.04. The summed E-state index contributed by atoms with van der Waals surface area (Å²) in [5.41, 5.74) is -0.150. The summed E-state index contributed by atoms with van der Waals surface area (Å²) < 4.78 is 0. The predicted molar refractivity (Wildman–Crippen MR) is 66.0 cm³/mol. The first-order valence-electron chi connectivity index (χ1n) is 6.38. The largest absolute Gasteiger partial charge is 0.393 e. The number of aliphatic hydroxyl groups excluding tert-OH is 1. The molecule has 1 heterocycles. The molecule has 0 saturated carbocycles. The van der Waals surface area contributed by atoms with E-state index in [4.69, 9.17) is 4.84 Å². The molecule has 3 nitrogen and oxygen atoms in total. The number of hydroxylamine groups is 2. The van der Waals surface area contributed by atoms with Crippen molar-refractivity contribution in [2.45, 2.75) is 71.1 Å². The Hall–Kier alpha value is -0.120. The van der Waals surface area contributed by atoms with E-state index in [0.29, 0.717) is 0 Å². The molecule has 0 radical (unpaired) electrons. The molecule has 96 valence electrons. The molecule has 3 heteroatoms. The van der Waals surface area contributed by atoms with Crippen molar-refractivity contribution in [2.24, 2.45) is 5.92 Å². The Labute approximate surface area is 99.7 Å². The quantitative estimate of drug-likeness (QED) is 0.807. The number of hydrogen-bond donors (Lipinski definition) is 1. The summed E-state index contributed by atoms with van der Waals surface area (Å²) >= 11 is 0. The fourth-order valence-electron chi connectivity index (χ4n) is 3.17. The Bertz CT molecular complexity index is 236. The second-order valence-corrected chi connectivity index (χ2v) is 5.62. The molecule has 0 spiro atoms. The van der Waals surface area contributed by atoms with E-state index < -0.39 is 0 Å². The molecule has 1 aliphatic heterocycles. The lowest BCUT2D eigenvalue weighted by Crippen LogP contribution is -2.67. The zero-order valence-electron chi connectivity index (χ0n) is 11.6. The van der Waals surface area contributed by atoms with Gasteiger partial charge in [-0.05, 0) is 33.1 Å². The maximum Gasteiger partial charge on any atom is 0.0602 e. The summed E-state index contributed by atoms with van der Waals surface area (Å²) in [5.74, 6) is 0.221. The first-order chi connectivity index (χ1) is 7.35. The predicted octanol–water partition coefficient (Wildman–Crippen LogP) is 2.59. The highest BCUT2D eigenvalue weighted by Gasteiger charge is 2.52. The molecule has 0 aromatic heterocycles. The highest BCUT2D eigenvalue weighted by molar-refractivity contribution is 5.03. The van der Waals surface area contributed by atoms with E-state index in [1.54, 1.807) is 7.11 Å². The van der Waals surface area contributed by atoms with Gasteiger partial charge < -0.3 is 9.94 Å². The van der Waals surface area contributed by atoms with Crippen molar-refractivity contribution in [2.75, 3.05) is 7.11 Å². The lowest BCUT2D eigenvalue weighted by molar-refractivity contribution is -0.303. The lowest BCUT2D eigenvalue weighted by Gasteiger charge is -2.57. The van der Waals surface area contributed by atoms with Crippen molar-refractivity contribution in [3.8, 4) is 0 Å². The third-order valence-electron chi connectivity index (χ3n) is 4.73. The molecule has 1 fully saturated rings. The minimum atomic E-state index is -0.235. The molecule has 1 saturated heterocycles. The van der Waals surface area contributed by atoms with Crippen molar-refractivity contribution in [1.29, 1.82) is 0 Å². The maximum absolute atomic E-state index is 10.2. The first-order valence-corrected chi connectivity index (χ1v) is 6.38. The van der Waals surface area contributed by atoms with Crippen molar-refractivity contribution >= 4 is 0 Å². The maximum atomic E-state index is 10.2. The number of piperidine rings is 1. The molecule has 1 N–H and O–H groups in total. The average molecular weight is 229 g/mol. The molecule has 0 amide bonds. The van der Waals surface area contributed by atoms with E-state index >= 15 is 0 Å². The molecule has 1 rings (SSSR count). The fraction of sp³-hybridized carbons (Fsp3) is 1.00. The number of aliphatic hydroxyl groups is 1. The van der Waals surface area contributed by atoms with Crippen LogP contribution in [0.1, 0.15) is 53.9 Å². The zero-order valence-corrected chi connectivity index (χ0v) is 11.6. The summed E-state index contributed by atoms with van der Waals surface area (Å²) in [6, 6.07) is 0. The number of nitrogens with zero attached hydrogens (tertiary/aromatic N) is 1. The van der Waals surface area contributed by atoms with Gasteiger partial charge in [0.1, 0.15) is 0 Å². The van der Waals surface area contributed by atoms with Crippen molar-refractivity contribution < 1.29 is 9.94 Å². The third-order valence-corrected chi connectivity index (χ3v) is 4.73. The summed E-state index contributed by atoms with van der Waals surface area (Å²) in [4.78, 5) is 5.65. The van der Waals surface area contributed by atoms with Gasteiger partial charge in [0.2, 0.25) is 0 Å². The molecular formula is C13H27NO2. The van der Waals surface area contributed by atoms with Crippen molar-refractivity contribution in [3.05, 3.63) is 0 Å². The van der Waals surface area contributed by atoms with Gasteiger partial charge in [-0.25, -0.2) is 0 Å². The number of rotatable bonds is 3. The normalized spacial score (nSPS) is 33.9. The highest BCUT2D eigenvalue weighted by atomic mass is 16.7. The molecule has 2 atom stereocenters. The van der Waals surface area contributed by atoms with Crippen molar-refractivity contribution in [3.63, 3.8) is 0 Å². The highest BCUT2D eigenvalue weighted by Crippen LogP contribution is 2.45. The zero-order chi connectivity index (χ0) is 12.6. The van der Waals surface area contributed by atoms with E-state index in [2.05, 4.69) is 39.7 Å². The van der Waals surface area contributed by atoms with Crippen LogP contribution in [-0.4, -0.2) is 34.5 Å². The van der Waals surface area contributed by atoms with E-state index in [1.165, 1.54) is 0 Å². The Morgan fingerprint density at radius 2 is 1.81 bits per heavy atom. The smallest absolute Gasteiger partial charge is 0.0602 e. The van der Waals surface area contributed by atoms with Gasteiger partial charge in [-0.3, -0.25) is 0 Å². The summed E-state index contributed by atoms with van der Waals surface area (Å²) in [6.45, 7) is 10.8. The van der Waals surface area contributed by atoms with Crippen LogP contribution < -0.4 is 0 Å². The Morgan fingerprint density at radius 1 is 1.31 bits per heavy atom. The lowest BCUT2D eigenvalue weighted by atomic mass is 9.70. The van der Waals surface area contributed by atoms with E-state index in [-0.39, 0.29) is 23.1 Å². The van der Waals surface area contributed by atoms with Gasteiger partial charge in [-0.15, -0.1) is 0 Å². The minimum absolute atomic E-state index is 0.0236. The van der Waals surface area contributed by atoms with Gasteiger partial charge in [0, 0.05) is 17.0 Å². The topological polar surface area (TPSA) is 32.7 Å². The summed E-state index contributed by atoms with van der Waals surface area (Å²) in [7, 11) is 1.74. The minimum Gasteiger partial charge on any atom is -0.393 e. The van der Waals surface area contributed by atoms with Crippen LogP contribution in [0.2, 0.25) is 0 Å². The Balaban J connectivity index is 3.12. The van der Waals surface area contributed by atoms with Crippen LogP contribution >= 0.6 is 0 Å². The molecule has 0 bridgehead atoms. The van der Waals surface area contributed by atoms with Crippen LogP contribution in [-0.2, 0) is 4.84 Å². The van der Waals surface area contributed by atoms with Gasteiger partial charge in [0.25, 0.3) is 0 Å². The van der Waals surface area contributed by atoms with Gasteiger partial charge in [-0.2, -0.15) is 5.06 Å².